The van der Waals surface area contributed by atoms with Crippen molar-refractivity contribution in [2.45, 2.75) is 26.4 Å². The molecule has 2 aromatic rings. The van der Waals surface area contributed by atoms with Gasteiger partial charge in [-0.3, -0.25) is 4.79 Å². The largest absolute Gasteiger partial charge is 0.497 e. The number of methoxy groups -OCH3 is 2. The van der Waals surface area contributed by atoms with Crippen molar-refractivity contribution in [1.82, 2.24) is 0 Å². The van der Waals surface area contributed by atoms with Gasteiger partial charge in [-0.05, 0) is 49.2 Å². The van der Waals surface area contributed by atoms with E-state index >= 15 is 0 Å². The standard InChI is InChI=1S/C22H25NO5/c1-5-16-6-10-18(11-7-16)23-22(25)15(2)28-21(24)13-9-17-8-12-19(26-3)14-20(17)27-4/h6-15H,5H2,1-4H3,(H,23,25)/b13-9+/t15-/m0/s1. The second-order valence-electron chi connectivity index (χ2n) is 6.06. The molecule has 1 amide bonds. The monoisotopic (exact) mass is 383 g/mol. The summed E-state index contributed by atoms with van der Waals surface area (Å²) in [6.45, 7) is 3.58. The zero-order valence-electron chi connectivity index (χ0n) is 16.5. The second-order valence-corrected chi connectivity index (χ2v) is 6.06. The van der Waals surface area contributed by atoms with Crippen molar-refractivity contribution in [2.75, 3.05) is 19.5 Å². The van der Waals surface area contributed by atoms with Gasteiger partial charge < -0.3 is 19.5 Å². The first-order valence-corrected chi connectivity index (χ1v) is 8.97. The van der Waals surface area contributed by atoms with Crippen molar-refractivity contribution >= 4 is 23.6 Å². The minimum atomic E-state index is -0.930. The number of hydrogen-bond acceptors (Lipinski definition) is 5. The number of amides is 1. The molecule has 6 heteroatoms. The van der Waals surface area contributed by atoms with Gasteiger partial charge in [0.25, 0.3) is 5.91 Å². The Bertz CT molecular complexity index is 843. The van der Waals surface area contributed by atoms with Gasteiger partial charge in [-0.2, -0.15) is 0 Å². The summed E-state index contributed by atoms with van der Waals surface area (Å²) < 4.78 is 15.6. The number of anilines is 1. The number of nitrogens with one attached hydrogen (secondary N) is 1. The van der Waals surface area contributed by atoms with Gasteiger partial charge in [0, 0.05) is 23.4 Å². The number of ether oxygens (including phenoxy) is 3. The number of carbonyl (C=O) groups excluding carboxylic acids is 2. The normalized spacial score (nSPS) is 11.7. The fourth-order valence-corrected chi connectivity index (χ4v) is 2.45. The molecular weight excluding hydrogens is 358 g/mol. The summed E-state index contributed by atoms with van der Waals surface area (Å²) in [6.07, 6.45) is 2.81. The van der Waals surface area contributed by atoms with Crippen LogP contribution in [0.25, 0.3) is 6.08 Å². The lowest BCUT2D eigenvalue weighted by Gasteiger charge is -2.12. The van der Waals surface area contributed by atoms with Crippen LogP contribution in [0.4, 0.5) is 5.69 Å². The lowest BCUT2D eigenvalue weighted by Crippen LogP contribution is -2.29. The molecule has 0 spiro atoms. The Hall–Kier alpha value is -3.28. The van der Waals surface area contributed by atoms with Crippen LogP contribution in [-0.4, -0.2) is 32.2 Å². The molecule has 0 radical (unpaired) electrons. The average Bonchev–Trinajstić information content (AvgIpc) is 2.72. The zero-order chi connectivity index (χ0) is 20.5. The highest BCUT2D eigenvalue weighted by Crippen LogP contribution is 2.25. The molecule has 0 saturated carbocycles. The average molecular weight is 383 g/mol. The van der Waals surface area contributed by atoms with Gasteiger partial charge in [0.05, 0.1) is 14.2 Å². The Morgan fingerprint density at radius 1 is 1.07 bits per heavy atom. The Morgan fingerprint density at radius 2 is 1.79 bits per heavy atom. The van der Waals surface area contributed by atoms with E-state index in [-0.39, 0.29) is 0 Å². The summed E-state index contributed by atoms with van der Waals surface area (Å²) >= 11 is 0. The molecule has 0 aromatic heterocycles. The summed E-state index contributed by atoms with van der Waals surface area (Å²) in [7, 11) is 3.09. The van der Waals surface area contributed by atoms with E-state index in [9.17, 15) is 9.59 Å². The van der Waals surface area contributed by atoms with E-state index in [1.54, 1.807) is 31.4 Å². The smallest absolute Gasteiger partial charge is 0.331 e. The molecule has 0 unspecified atom stereocenters. The molecule has 0 bridgehead atoms. The topological polar surface area (TPSA) is 73.9 Å². The van der Waals surface area contributed by atoms with Crippen LogP contribution in [-0.2, 0) is 20.7 Å². The van der Waals surface area contributed by atoms with Gasteiger partial charge in [-0.25, -0.2) is 4.79 Å². The number of aryl methyl sites for hydroxylation is 1. The quantitative estimate of drug-likeness (QED) is 0.554. The number of carbonyl (C=O) groups is 2. The molecule has 1 atom stereocenters. The Labute approximate surface area is 165 Å². The minimum absolute atomic E-state index is 0.395. The molecule has 0 aliphatic rings. The van der Waals surface area contributed by atoms with Gasteiger partial charge in [0.2, 0.25) is 0 Å². The number of benzene rings is 2. The summed E-state index contributed by atoms with van der Waals surface area (Å²) in [4.78, 5) is 24.2. The molecule has 0 heterocycles. The number of rotatable bonds is 8. The van der Waals surface area contributed by atoms with Gasteiger partial charge in [0.1, 0.15) is 11.5 Å². The maximum Gasteiger partial charge on any atom is 0.331 e. The summed E-state index contributed by atoms with van der Waals surface area (Å²) in [6, 6.07) is 12.8. The lowest BCUT2D eigenvalue weighted by atomic mass is 10.1. The van der Waals surface area contributed by atoms with Crippen LogP contribution in [0.2, 0.25) is 0 Å². The van der Waals surface area contributed by atoms with E-state index in [1.807, 2.05) is 24.3 Å². The minimum Gasteiger partial charge on any atom is -0.497 e. The number of esters is 1. The van der Waals surface area contributed by atoms with Crippen molar-refractivity contribution in [3.63, 3.8) is 0 Å². The lowest BCUT2D eigenvalue weighted by molar-refractivity contribution is -0.148. The van der Waals surface area contributed by atoms with E-state index < -0.39 is 18.0 Å². The zero-order valence-corrected chi connectivity index (χ0v) is 16.5. The molecule has 0 saturated heterocycles. The molecule has 0 fully saturated rings. The van der Waals surface area contributed by atoms with Crippen LogP contribution in [0, 0.1) is 0 Å². The first kappa shape index (κ1) is 21.0. The molecule has 0 aliphatic heterocycles. The van der Waals surface area contributed by atoms with Gasteiger partial charge in [-0.15, -0.1) is 0 Å². The van der Waals surface area contributed by atoms with Crippen molar-refractivity contribution in [3.8, 4) is 11.5 Å². The Balaban J connectivity index is 1.94. The van der Waals surface area contributed by atoms with Crippen molar-refractivity contribution in [1.29, 1.82) is 0 Å². The van der Waals surface area contributed by atoms with Crippen LogP contribution in [0.1, 0.15) is 25.0 Å². The van der Waals surface area contributed by atoms with E-state index in [0.717, 1.165) is 6.42 Å². The van der Waals surface area contributed by atoms with Crippen LogP contribution >= 0.6 is 0 Å². The highest BCUT2D eigenvalue weighted by atomic mass is 16.5. The third-order valence-corrected chi connectivity index (χ3v) is 4.13. The molecule has 148 valence electrons. The highest BCUT2D eigenvalue weighted by molar-refractivity contribution is 5.96. The fourth-order valence-electron chi connectivity index (χ4n) is 2.45. The Kier molecular flexibility index (Phi) is 7.63. The van der Waals surface area contributed by atoms with E-state index in [1.165, 1.54) is 25.7 Å². The van der Waals surface area contributed by atoms with Crippen molar-refractivity contribution in [3.05, 3.63) is 59.7 Å². The van der Waals surface area contributed by atoms with Crippen LogP contribution < -0.4 is 14.8 Å². The predicted octanol–water partition coefficient (Wildman–Crippen LogP) is 3.85. The fraction of sp³-hybridized carbons (Fsp3) is 0.273. The van der Waals surface area contributed by atoms with Gasteiger partial charge in [-0.1, -0.05) is 19.1 Å². The molecule has 28 heavy (non-hydrogen) atoms. The SMILES string of the molecule is CCc1ccc(NC(=O)[C@H](C)OC(=O)/C=C/c2ccc(OC)cc2OC)cc1. The highest BCUT2D eigenvalue weighted by Gasteiger charge is 2.16. The molecule has 6 nitrogen and oxygen atoms in total. The van der Waals surface area contributed by atoms with Crippen molar-refractivity contribution in [2.24, 2.45) is 0 Å². The van der Waals surface area contributed by atoms with E-state index in [4.69, 9.17) is 14.2 Å². The number of hydrogen-bond donors (Lipinski definition) is 1. The third kappa shape index (κ3) is 5.87. The van der Waals surface area contributed by atoms with E-state index in [2.05, 4.69) is 12.2 Å². The molecule has 2 rings (SSSR count). The summed E-state index contributed by atoms with van der Waals surface area (Å²) in [5, 5.41) is 2.73. The first-order chi connectivity index (χ1) is 13.5. The van der Waals surface area contributed by atoms with Gasteiger partial charge >= 0.3 is 5.97 Å². The van der Waals surface area contributed by atoms with Crippen LogP contribution in [0.15, 0.2) is 48.5 Å². The first-order valence-electron chi connectivity index (χ1n) is 8.97. The van der Waals surface area contributed by atoms with Crippen LogP contribution in [0.5, 0.6) is 11.5 Å². The van der Waals surface area contributed by atoms with Crippen molar-refractivity contribution < 1.29 is 23.8 Å². The summed E-state index contributed by atoms with van der Waals surface area (Å²) in [5.41, 5.74) is 2.52. The maximum absolute atomic E-state index is 12.2. The molecule has 1 N–H and O–H groups in total. The predicted molar refractivity (Wildman–Crippen MR) is 109 cm³/mol. The maximum atomic E-state index is 12.2. The second kappa shape index (κ2) is 10.2. The van der Waals surface area contributed by atoms with E-state index in [0.29, 0.717) is 22.7 Å². The summed E-state index contributed by atoms with van der Waals surface area (Å²) in [5.74, 6) is 0.188. The van der Waals surface area contributed by atoms with Crippen LogP contribution in [0.3, 0.4) is 0 Å². The van der Waals surface area contributed by atoms with Gasteiger partial charge in [0.15, 0.2) is 6.10 Å². The third-order valence-electron chi connectivity index (χ3n) is 4.13. The Morgan fingerprint density at radius 3 is 2.39 bits per heavy atom. The molecule has 0 aliphatic carbocycles. The molecular formula is C22H25NO5. The molecule has 2 aromatic carbocycles.